The Morgan fingerprint density at radius 1 is 1.43 bits per heavy atom. The van der Waals surface area contributed by atoms with Crippen LogP contribution in [0.2, 0.25) is 0 Å². The van der Waals surface area contributed by atoms with Gasteiger partial charge in [-0.2, -0.15) is 0 Å². The second kappa shape index (κ2) is 6.04. The van der Waals surface area contributed by atoms with E-state index in [1.165, 1.54) is 4.90 Å². The van der Waals surface area contributed by atoms with E-state index in [4.69, 9.17) is 0 Å². The zero-order chi connectivity index (χ0) is 14.7. The number of aromatic amines is 1. The number of hydrogen-bond donors (Lipinski definition) is 2. The molecule has 1 aliphatic heterocycles. The lowest BCUT2D eigenvalue weighted by Gasteiger charge is -2.21. The van der Waals surface area contributed by atoms with E-state index < -0.39 is 0 Å². The predicted octanol–water partition coefficient (Wildman–Crippen LogP) is -0.0278. The molecular weight excluding hydrogens is 272 g/mol. The van der Waals surface area contributed by atoms with Crippen molar-refractivity contribution in [2.24, 2.45) is 0 Å². The summed E-state index contributed by atoms with van der Waals surface area (Å²) in [5, 5.41) is 17.3. The Morgan fingerprint density at radius 2 is 2.33 bits per heavy atom. The van der Waals surface area contributed by atoms with Crippen LogP contribution in [-0.4, -0.2) is 53.8 Å². The average Bonchev–Trinajstić information content (AvgIpc) is 3.15. The summed E-state index contributed by atoms with van der Waals surface area (Å²) in [6, 6.07) is 0. The number of aliphatic hydroxyl groups excluding tert-OH is 1. The van der Waals surface area contributed by atoms with E-state index in [9.17, 15) is 9.90 Å². The molecule has 1 aliphatic rings. The highest BCUT2D eigenvalue weighted by Gasteiger charge is 2.25. The van der Waals surface area contributed by atoms with Crippen LogP contribution in [0.15, 0.2) is 12.4 Å². The molecule has 2 aromatic rings. The molecule has 1 amide bonds. The van der Waals surface area contributed by atoms with Gasteiger partial charge in [-0.05, 0) is 12.8 Å². The molecule has 0 radical (unpaired) electrons. The minimum atomic E-state index is -0.221. The van der Waals surface area contributed by atoms with Crippen molar-refractivity contribution in [1.29, 1.82) is 0 Å². The SMILES string of the molecule is O=C(c1nnc2n1CCCC2)N(CCO)Cc1ncc[nH]1. The fourth-order valence-corrected chi connectivity index (χ4v) is 2.55. The molecule has 8 nitrogen and oxygen atoms in total. The van der Waals surface area contributed by atoms with E-state index in [0.717, 1.165) is 31.6 Å². The highest BCUT2D eigenvalue weighted by atomic mass is 16.3. The van der Waals surface area contributed by atoms with Crippen LogP contribution in [0.25, 0.3) is 0 Å². The molecule has 0 unspecified atom stereocenters. The first-order chi connectivity index (χ1) is 10.3. The Morgan fingerprint density at radius 3 is 3.10 bits per heavy atom. The van der Waals surface area contributed by atoms with Crippen LogP contribution < -0.4 is 0 Å². The van der Waals surface area contributed by atoms with E-state index in [-0.39, 0.29) is 19.1 Å². The van der Waals surface area contributed by atoms with E-state index in [1.807, 2.05) is 4.57 Å². The Hall–Kier alpha value is -2.22. The molecule has 112 valence electrons. The van der Waals surface area contributed by atoms with Crippen LogP contribution in [0.3, 0.4) is 0 Å². The molecule has 0 saturated carbocycles. The summed E-state index contributed by atoms with van der Waals surface area (Å²) in [4.78, 5) is 21.3. The standard InChI is InChI=1S/C13H18N6O2/c20-8-7-18(9-10-14-4-5-15-10)13(21)12-17-16-11-3-1-2-6-19(11)12/h4-5,20H,1-3,6-9H2,(H,14,15). The number of fused-ring (bicyclic) bond motifs is 1. The number of H-pyrrole nitrogens is 1. The van der Waals surface area contributed by atoms with Crippen molar-refractivity contribution >= 4 is 5.91 Å². The number of carbonyl (C=O) groups is 1. The van der Waals surface area contributed by atoms with Crippen LogP contribution in [0.4, 0.5) is 0 Å². The van der Waals surface area contributed by atoms with Crippen molar-refractivity contribution in [3.63, 3.8) is 0 Å². The lowest BCUT2D eigenvalue weighted by molar-refractivity contribution is 0.0684. The lowest BCUT2D eigenvalue weighted by Crippen LogP contribution is -2.35. The maximum atomic E-state index is 12.6. The number of hydrogen-bond acceptors (Lipinski definition) is 5. The first-order valence-corrected chi connectivity index (χ1v) is 7.10. The molecule has 0 atom stereocenters. The number of amides is 1. The lowest BCUT2D eigenvalue weighted by atomic mass is 10.1. The fourth-order valence-electron chi connectivity index (χ4n) is 2.55. The minimum Gasteiger partial charge on any atom is -0.395 e. The maximum absolute atomic E-state index is 12.6. The number of aliphatic hydroxyl groups is 1. The van der Waals surface area contributed by atoms with Gasteiger partial charge in [-0.3, -0.25) is 4.79 Å². The quantitative estimate of drug-likeness (QED) is 0.805. The van der Waals surface area contributed by atoms with Gasteiger partial charge in [0.2, 0.25) is 5.82 Å². The van der Waals surface area contributed by atoms with Crippen LogP contribution in [-0.2, 0) is 19.5 Å². The molecule has 0 fully saturated rings. The topological polar surface area (TPSA) is 99.9 Å². The Kier molecular flexibility index (Phi) is 3.96. The summed E-state index contributed by atoms with van der Waals surface area (Å²) in [5.74, 6) is 1.67. The predicted molar refractivity (Wildman–Crippen MR) is 73.4 cm³/mol. The molecule has 3 rings (SSSR count). The fraction of sp³-hybridized carbons (Fsp3) is 0.538. The van der Waals surface area contributed by atoms with Gasteiger partial charge in [0, 0.05) is 31.9 Å². The Balaban J connectivity index is 1.82. The van der Waals surface area contributed by atoms with Crippen molar-refractivity contribution in [3.05, 3.63) is 29.9 Å². The van der Waals surface area contributed by atoms with E-state index >= 15 is 0 Å². The number of imidazole rings is 1. The monoisotopic (exact) mass is 290 g/mol. The normalized spacial score (nSPS) is 14.0. The smallest absolute Gasteiger partial charge is 0.292 e. The number of carbonyl (C=O) groups excluding carboxylic acids is 1. The molecule has 21 heavy (non-hydrogen) atoms. The zero-order valence-corrected chi connectivity index (χ0v) is 11.7. The van der Waals surface area contributed by atoms with Crippen LogP contribution >= 0.6 is 0 Å². The second-order valence-corrected chi connectivity index (χ2v) is 5.03. The van der Waals surface area contributed by atoms with Crippen molar-refractivity contribution in [2.45, 2.75) is 32.4 Å². The van der Waals surface area contributed by atoms with E-state index in [0.29, 0.717) is 18.2 Å². The number of nitrogens with one attached hydrogen (secondary N) is 1. The van der Waals surface area contributed by atoms with Crippen LogP contribution in [0.1, 0.15) is 35.1 Å². The third-order valence-corrected chi connectivity index (χ3v) is 3.60. The third kappa shape index (κ3) is 2.80. The highest BCUT2D eigenvalue weighted by molar-refractivity contribution is 5.90. The van der Waals surface area contributed by atoms with Gasteiger partial charge in [0.05, 0.1) is 13.2 Å². The maximum Gasteiger partial charge on any atom is 0.292 e. The van der Waals surface area contributed by atoms with Crippen LogP contribution in [0, 0.1) is 0 Å². The third-order valence-electron chi connectivity index (χ3n) is 3.60. The van der Waals surface area contributed by atoms with Gasteiger partial charge in [-0.15, -0.1) is 10.2 Å². The van der Waals surface area contributed by atoms with Gasteiger partial charge >= 0.3 is 0 Å². The molecule has 2 aromatic heterocycles. The minimum absolute atomic E-state index is 0.104. The van der Waals surface area contributed by atoms with Gasteiger partial charge < -0.3 is 19.6 Å². The second-order valence-electron chi connectivity index (χ2n) is 5.03. The Bertz CT molecular complexity index is 606. The van der Waals surface area contributed by atoms with Crippen molar-refractivity contribution in [3.8, 4) is 0 Å². The summed E-state index contributed by atoms with van der Waals surface area (Å²) in [5.41, 5.74) is 0. The molecule has 0 saturated heterocycles. The molecule has 3 heterocycles. The molecule has 2 N–H and O–H groups in total. The highest BCUT2D eigenvalue weighted by Crippen LogP contribution is 2.16. The first kappa shape index (κ1) is 13.7. The molecular formula is C13H18N6O2. The summed E-state index contributed by atoms with van der Waals surface area (Å²) in [6.07, 6.45) is 6.31. The van der Waals surface area contributed by atoms with Crippen molar-refractivity contribution < 1.29 is 9.90 Å². The molecule has 8 heteroatoms. The molecule has 0 spiro atoms. The average molecular weight is 290 g/mol. The van der Waals surface area contributed by atoms with Gasteiger partial charge in [-0.1, -0.05) is 0 Å². The van der Waals surface area contributed by atoms with Gasteiger partial charge in [0.1, 0.15) is 11.6 Å². The number of nitrogens with zero attached hydrogens (tertiary/aromatic N) is 5. The van der Waals surface area contributed by atoms with Crippen molar-refractivity contribution in [1.82, 2.24) is 29.6 Å². The van der Waals surface area contributed by atoms with Gasteiger partial charge in [0.25, 0.3) is 5.91 Å². The molecule has 0 bridgehead atoms. The van der Waals surface area contributed by atoms with E-state index in [1.54, 1.807) is 12.4 Å². The zero-order valence-electron chi connectivity index (χ0n) is 11.7. The van der Waals surface area contributed by atoms with E-state index in [2.05, 4.69) is 20.2 Å². The van der Waals surface area contributed by atoms with Gasteiger partial charge in [-0.25, -0.2) is 4.98 Å². The van der Waals surface area contributed by atoms with Crippen molar-refractivity contribution in [2.75, 3.05) is 13.2 Å². The van der Waals surface area contributed by atoms with Crippen LogP contribution in [0.5, 0.6) is 0 Å². The van der Waals surface area contributed by atoms with Gasteiger partial charge in [0.15, 0.2) is 0 Å². The number of aromatic nitrogens is 5. The summed E-state index contributed by atoms with van der Waals surface area (Å²) < 4.78 is 1.89. The molecule has 0 aromatic carbocycles. The first-order valence-electron chi connectivity index (χ1n) is 7.10. The largest absolute Gasteiger partial charge is 0.395 e. The summed E-state index contributed by atoms with van der Waals surface area (Å²) in [6.45, 7) is 1.22. The number of aryl methyl sites for hydroxylation is 1. The molecule has 0 aliphatic carbocycles. The Labute approximate surface area is 121 Å². The number of rotatable bonds is 5. The summed E-state index contributed by atoms with van der Waals surface area (Å²) in [7, 11) is 0. The summed E-state index contributed by atoms with van der Waals surface area (Å²) >= 11 is 0.